The van der Waals surface area contributed by atoms with E-state index in [1.54, 1.807) is 37.3 Å². The van der Waals surface area contributed by atoms with Gasteiger partial charge in [-0.2, -0.15) is 0 Å². The number of hydrogen-bond donors (Lipinski definition) is 2. The number of carboxylic acids is 2. The van der Waals surface area contributed by atoms with E-state index in [0.717, 1.165) is 16.7 Å². The molecule has 1 saturated heterocycles. The smallest absolute Gasteiger partial charge is 0.344 e. The number of aliphatic carboxylic acids is 2. The highest BCUT2D eigenvalue weighted by Gasteiger charge is 2.39. The third kappa shape index (κ3) is 5.11. The maximum atomic E-state index is 12.7. The highest BCUT2D eigenvalue weighted by molar-refractivity contribution is 8.26. The largest absolute Gasteiger partial charge is 0.480 e. The molecule has 7 nitrogen and oxygen atoms in total. The van der Waals surface area contributed by atoms with E-state index in [0.29, 0.717) is 35.5 Å². The van der Waals surface area contributed by atoms with Crippen LogP contribution in [-0.2, 0) is 14.4 Å². The topological polar surface area (TPSA) is 104 Å². The van der Waals surface area contributed by atoms with Crippen LogP contribution in [-0.4, -0.2) is 49.4 Å². The summed E-state index contributed by atoms with van der Waals surface area (Å²) < 4.78 is 5.63. The summed E-state index contributed by atoms with van der Waals surface area (Å²) in [6.07, 6.45) is 1.98. The average Bonchev–Trinajstić information content (AvgIpc) is 2.92. The molecule has 1 heterocycles. The third-order valence-corrected chi connectivity index (χ3v) is 5.42. The average molecular weight is 424 g/mol. The molecular formula is C19H21NO6S2. The van der Waals surface area contributed by atoms with E-state index in [2.05, 4.69) is 0 Å². The first-order chi connectivity index (χ1) is 13.3. The zero-order valence-electron chi connectivity index (χ0n) is 15.5. The van der Waals surface area contributed by atoms with Crippen LogP contribution in [0.3, 0.4) is 0 Å². The van der Waals surface area contributed by atoms with Gasteiger partial charge >= 0.3 is 11.9 Å². The molecule has 2 unspecified atom stereocenters. The number of nitrogens with zero attached hydrogens (tertiary/aromatic N) is 1. The lowest BCUT2D eigenvalue weighted by Crippen LogP contribution is -2.43. The van der Waals surface area contributed by atoms with Gasteiger partial charge in [0.05, 0.1) is 4.91 Å². The second-order valence-corrected chi connectivity index (χ2v) is 7.79. The van der Waals surface area contributed by atoms with E-state index >= 15 is 0 Å². The fourth-order valence-electron chi connectivity index (χ4n) is 2.65. The quantitative estimate of drug-likeness (QED) is 0.460. The molecule has 1 fully saturated rings. The number of benzene rings is 1. The maximum Gasteiger partial charge on any atom is 0.344 e. The highest BCUT2D eigenvalue weighted by atomic mass is 32.2. The Bertz CT molecular complexity index is 805. The van der Waals surface area contributed by atoms with Gasteiger partial charge in [-0.05, 0) is 36.6 Å². The summed E-state index contributed by atoms with van der Waals surface area (Å²) in [6.45, 7) is 3.57. The molecule has 1 aromatic carbocycles. The lowest BCUT2D eigenvalue weighted by molar-refractivity contribution is -0.145. The van der Waals surface area contributed by atoms with Crippen LogP contribution in [0.25, 0.3) is 6.08 Å². The van der Waals surface area contributed by atoms with E-state index < -0.39 is 30.0 Å². The van der Waals surface area contributed by atoms with Crippen molar-refractivity contribution in [3.05, 3.63) is 34.7 Å². The number of amides is 1. The van der Waals surface area contributed by atoms with Crippen LogP contribution < -0.4 is 4.74 Å². The Hall–Kier alpha value is -2.39. The summed E-state index contributed by atoms with van der Waals surface area (Å²) in [7, 11) is 0. The maximum absolute atomic E-state index is 12.7. The van der Waals surface area contributed by atoms with E-state index in [1.165, 1.54) is 0 Å². The first-order valence-corrected chi connectivity index (χ1v) is 10.00. The van der Waals surface area contributed by atoms with Crippen LogP contribution in [0.2, 0.25) is 0 Å². The van der Waals surface area contributed by atoms with E-state index in [1.807, 2.05) is 6.92 Å². The molecule has 0 radical (unpaired) electrons. The Labute approximate surface area is 172 Å². The standard InChI is InChI=1S/C19H21NO6S2/c1-3-5-13(17(22)23)20-16(21)15(28-19(20)27)10-11-6-8-12(9-7-11)26-14(4-2)18(24)25/h6-10,13-14H,3-5H2,1-2H3,(H,22,23)(H,24,25)/b15-10-. The molecule has 1 aliphatic rings. The molecule has 1 aliphatic heterocycles. The predicted octanol–water partition coefficient (Wildman–Crippen LogP) is 3.38. The predicted molar refractivity (Wildman–Crippen MR) is 110 cm³/mol. The SMILES string of the molecule is CCCC(C(=O)O)N1C(=O)/C(=C/c2ccc(OC(CC)C(=O)O)cc2)SC1=S. The molecular weight excluding hydrogens is 402 g/mol. The van der Waals surface area contributed by atoms with Gasteiger partial charge in [0, 0.05) is 0 Å². The Balaban J connectivity index is 2.17. The van der Waals surface area contributed by atoms with Crippen LogP contribution >= 0.6 is 24.0 Å². The summed E-state index contributed by atoms with van der Waals surface area (Å²) in [5, 5.41) is 18.4. The molecule has 1 amide bonds. The molecule has 0 bridgehead atoms. The van der Waals surface area contributed by atoms with Gasteiger partial charge in [0.2, 0.25) is 0 Å². The van der Waals surface area contributed by atoms with Crippen molar-refractivity contribution in [2.75, 3.05) is 0 Å². The normalized spacial score (nSPS) is 17.6. The van der Waals surface area contributed by atoms with Crippen molar-refractivity contribution in [3.8, 4) is 5.75 Å². The molecule has 2 atom stereocenters. The van der Waals surface area contributed by atoms with Gasteiger partial charge < -0.3 is 14.9 Å². The molecule has 150 valence electrons. The highest BCUT2D eigenvalue weighted by Crippen LogP contribution is 2.35. The molecule has 1 aromatic rings. The van der Waals surface area contributed by atoms with Gasteiger partial charge in [-0.3, -0.25) is 9.69 Å². The summed E-state index contributed by atoms with van der Waals surface area (Å²) in [5.74, 6) is -2.12. The number of rotatable bonds is 9. The molecule has 0 aliphatic carbocycles. The van der Waals surface area contributed by atoms with Gasteiger partial charge in [-0.15, -0.1) is 0 Å². The molecule has 0 aromatic heterocycles. The molecule has 28 heavy (non-hydrogen) atoms. The van der Waals surface area contributed by atoms with Crippen LogP contribution in [0.15, 0.2) is 29.2 Å². The zero-order valence-corrected chi connectivity index (χ0v) is 17.1. The second-order valence-electron chi connectivity index (χ2n) is 6.12. The van der Waals surface area contributed by atoms with Crippen LogP contribution in [0.5, 0.6) is 5.75 Å². The van der Waals surface area contributed by atoms with Gasteiger partial charge in [0.15, 0.2) is 6.10 Å². The molecule has 0 spiro atoms. The van der Waals surface area contributed by atoms with Crippen molar-refractivity contribution in [3.63, 3.8) is 0 Å². The fraction of sp³-hybridized carbons (Fsp3) is 0.368. The van der Waals surface area contributed by atoms with Crippen LogP contribution in [0.4, 0.5) is 0 Å². The minimum Gasteiger partial charge on any atom is -0.480 e. The Morgan fingerprint density at radius 2 is 1.86 bits per heavy atom. The summed E-state index contributed by atoms with van der Waals surface area (Å²) in [6, 6.07) is 5.65. The van der Waals surface area contributed by atoms with Crippen molar-refractivity contribution in [1.29, 1.82) is 0 Å². The fourth-order valence-corrected chi connectivity index (χ4v) is 4.01. The van der Waals surface area contributed by atoms with Gasteiger partial charge in [0.25, 0.3) is 5.91 Å². The number of carbonyl (C=O) groups excluding carboxylic acids is 1. The molecule has 2 rings (SSSR count). The zero-order chi connectivity index (χ0) is 20.8. The second kappa shape index (κ2) is 9.70. The lowest BCUT2D eigenvalue weighted by atomic mass is 10.1. The Morgan fingerprint density at radius 3 is 2.36 bits per heavy atom. The monoisotopic (exact) mass is 423 g/mol. The van der Waals surface area contributed by atoms with Crippen molar-refractivity contribution in [2.45, 2.75) is 45.3 Å². The number of ether oxygens (including phenoxy) is 1. The van der Waals surface area contributed by atoms with Gasteiger partial charge in [-0.25, -0.2) is 9.59 Å². The number of hydrogen-bond acceptors (Lipinski definition) is 6. The minimum atomic E-state index is -1.08. The van der Waals surface area contributed by atoms with Crippen molar-refractivity contribution >= 4 is 52.2 Å². The molecule has 0 saturated carbocycles. The first kappa shape index (κ1) is 21.9. The molecule has 9 heteroatoms. The van der Waals surface area contributed by atoms with E-state index in [-0.39, 0.29) is 4.32 Å². The number of carboxylic acid groups (broad SMARTS) is 2. The summed E-state index contributed by atoms with van der Waals surface area (Å²) in [5.41, 5.74) is 0.693. The van der Waals surface area contributed by atoms with Crippen molar-refractivity contribution < 1.29 is 29.3 Å². The Kier molecular flexibility index (Phi) is 7.59. The number of thiocarbonyl (C=S) groups is 1. The van der Waals surface area contributed by atoms with E-state index in [4.69, 9.17) is 22.1 Å². The summed E-state index contributed by atoms with van der Waals surface area (Å²) >= 11 is 6.28. The first-order valence-electron chi connectivity index (χ1n) is 8.77. The number of carbonyl (C=O) groups is 3. The van der Waals surface area contributed by atoms with Crippen LogP contribution in [0.1, 0.15) is 38.7 Å². The Morgan fingerprint density at radius 1 is 1.21 bits per heavy atom. The molecule has 2 N–H and O–H groups in total. The van der Waals surface area contributed by atoms with Gasteiger partial charge in [-0.1, -0.05) is 56.4 Å². The minimum absolute atomic E-state index is 0.226. The lowest BCUT2D eigenvalue weighted by Gasteiger charge is -2.22. The van der Waals surface area contributed by atoms with Crippen LogP contribution in [0, 0.1) is 0 Å². The number of thioether (sulfide) groups is 1. The van der Waals surface area contributed by atoms with Crippen molar-refractivity contribution in [2.24, 2.45) is 0 Å². The van der Waals surface area contributed by atoms with Gasteiger partial charge in [0.1, 0.15) is 16.1 Å². The summed E-state index contributed by atoms with van der Waals surface area (Å²) in [4.78, 5) is 36.7. The van der Waals surface area contributed by atoms with Crippen molar-refractivity contribution in [1.82, 2.24) is 4.90 Å². The van der Waals surface area contributed by atoms with E-state index in [9.17, 15) is 19.5 Å². The third-order valence-electron chi connectivity index (χ3n) is 4.08.